The number of aromatic nitrogens is 1. The molecule has 0 aliphatic heterocycles. The van der Waals surface area contributed by atoms with Crippen LogP contribution in [0.1, 0.15) is 21.6 Å². The molecule has 0 unspecified atom stereocenters. The van der Waals surface area contributed by atoms with Gasteiger partial charge in [-0.15, -0.1) is 11.3 Å². The summed E-state index contributed by atoms with van der Waals surface area (Å²) in [4.78, 5) is 19.0. The Morgan fingerprint density at radius 1 is 1.19 bits per heavy atom. The van der Waals surface area contributed by atoms with Crippen molar-refractivity contribution in [3.8, 4) is 0 Å². The smallest absolute Gasteiger partial charge is 0.280 e. The van der Waals surface area contributed by atoms with E-state index in [0.29, 0.717) is 11.6 Å². The van der Waals surface area contributed by atoms with Gasteiger partial charge in [0, 0.05) is 11.9 Å². The molecule has 4 aromatic rings. The first kappa shape index (κ1) is 16.8. The van der Waals surface area contributed by atoms with Gasteiger partial charge in [-0.1, -0.05) is 30.3 Å². The molecule has 0 radical (unpaired) electrons. The fourth-order valence-electron chi connectivity index (χ4n) is 2.94. The minimum atomic E-state index is -0.158. The van der Waals surface area contributed by atoms with Crippen LogP contribution in [-0.4, -0.2) is 36.4 Å². The van der Waals surface area contributed by atoms with Crippen LogP contribution in [0.15, 0.2) is 59.0 Å². The first-order chi connectivity index (χ1) is 12.6. The van der Waals surface area contributed by atoms with Crippen molar-refractivity contribution in [3.63, 3.8) is 0 Å². The maximum absolute atomic E-state index is 12.5. The molecule has 1 atom stereocenters. The highest BCUT2D eigenvalue weighted by Crippen LogP contribution is 2.26. The molecule has 0 fully saturated rings. The van der Waals surface area contributed by atoms with Crippen LogP contribution >= 0.6 is 11.3 Å². The predicted molar refractivity (Wildman–Crippen MR) is 105 cm³/mol. The van der Waals surface area contributed by atoms with E-state index in [-0.39, 0.29) is 11.9 Å². The molecule has 0 spiro atoms. The zero-order valence-corrected chi connectivity index (χ0v) is 15.4. The molecule has 0 aliphatic rings. The van der Waals surface area contributed by atoms with Crippen molar-refractivity contribution in [3.05, 3.63) is 65.4 Å². The lowest BCUT2D eigenvalue weighted by atomic mass is 10.2. The lowest BCUT2D eigenvalue weighted by Gasteiger charge is -2.22. The predicted octanol–water partition coefficient (Wildman–Crippen LogP) is 4.08. The van der Waals surface area contributed by atoms with Gasteiger partial charge in [0.1, 0.15) is 11.3 Å². The molecule has 4 rings (SSSR count). The van der Waals surface area contributed by atoms with Crippen molar-refractivity contribution in [1.29, 1.82) is 0 Å². The highest BCUT2D eigenvalue weighted by molar-refractivity contribution is 7.20. The Hall–Kier alpha value is -2.70. The van der Waals surface area contributed by atoms with Gasteiger partial charge >= 0.3 is 0 Å². The first-order valence-corrected chi connectivity index (χ1v) is 9.22. The fourth-order valence-corrected chi connectivity index (χ4v) is 3.82. The Kier molecular flexibility index (Phi) is 4.44. The average Bonchev–Trinajstić information content (AvgIpc) is 3.25. The Balaban J connectivity index is 1.52. The fraction of sp³-hybridized carbons (Fsp3) is 0.200. The number of thiazole rings is 1. The van der Waals surface area contributed by atoms with E-state index < -0.39 is 0 Å². The summed E-state index contributed by atoms with van der Waals surface area (Å²) in [6.07, 6.45) is 0. The summed E-state index contributed by atoms with van der Waals surface area (Å²) >= 11 is 1.40. The molecule has 1 amide bonds. The molecule has 0 aliphatic carbocycles. The van der Waals surface area contributed by atoms with E-state index >= 15 is 0 Å². The van der Waals surface area contributed by atoms with E-state index in [2.05, 4.69) is 10.3 Å². The van der Waals surface area contributed by atoms with Crippen LogP contribution in [-0.2, 0) is 0 Å². The maximum Gasteiger partial charge on any atom is 0.280 e. The largest absolute Gasteiger partial charge is 0.459 e. The van der Waals surface area contributed by atoms with E-state index in [1.54, 1.807) is 0 Å². The Labute approximate surface area is 155 Å². The molecule has 26 heavy (non-hydrogen) atoms. The van der Waals surface area contributed by atoms with Crippen molar-refractivity contribution in [2.45, 2.75) is 6.04 Å². The number of carbonyl (C=O) groups excluding carboxylic acids is 1. The molecular weight excluding hydrogens is 346 g/mol. The van der Waals surface area contributed by atoms with Gasteiger partial charge in [0.15, 0.2) is 5.01 Å². The van der Waals surface area contributed by atoms with Crippen LogP contribution < -0.4 is 5.32 Å². The number of nitrogens with one attached hydrogen (secondary N) is 1. The van der Waals surface area contributed by atoms with Crippen molar-refractivity contribution < 1.29 is 9.21 Å². The number of hydrogen-bond acceptors (Lipinski definition) is 5. The van der Waals surface area contributed by atoms with E-state index in [0.717, 1.165) is 26.9 Å². The Bertz CT molecular complexity index is 1000. The Morgan fingerprint density at radius 2 is 1.96 bits per heavy atom. The second-order valence-corrected chi connectivity index (χ2v) is 7.39. The van der Waals surface area contributed by atoms with Crippen molar-refractivity contribution in [1.82, 2.24) is 15.2 Å². The van der Waals surface area contributed by atoms with Crippen LogP contribution in [0.3, 0.4) is 0 Å². The zero-order chi connectivity index (χ0) is 18.1. The number of rotatable bonds is 5. The molecule has 2 aromatic carbocycles. The monoisotopic (exact) mass is 365 g/mol. The number of nitrogens with zero attached hydrogens (tertiary/aromatic N) is 2. The van der Waals surface area contributed by atoms with Gasteiger partial charge in [0.05, 0.1) is 16.3 Å². The molecule has 2 heterocycles. The average molecular weight is 365 g/mol. The standard InChI is InChI=1S/C20H19N3O2S/c1-23(2)15(17-11-13-7-3-5-9-16(13)25-17)12-21-19(24)20-22-14-8-4-6-10-18(14)26-20/h3-11,15H,12H2,1-2H3,(H,21,24)/t15-/m0/s1. The van der Waals surface area contributed by atoms with Gasteiger partial charge in [-0.05, 0) is 38.4 Å². The minimum Gasteiger partial charge on any atom is -0.459 e. The van der Waals surface area contributed by atoms with Crippen LogP contribution in [0.4, 0.5) is 0 Å². The van der Waals surface area contributed by atoms with Gasteiger partial charge < -0.3 is 9.73 Å². The third-order valence-electron chi connectivity index (χ3n) is 4.34. The third-order valence-corrected chi connectivity index (χ3v) is 5.38. The van der Waals surface area contributed by atoms with Crippen LogP contribution in [0.2, 0.25) is 0 Å². The highest BCUT2D eigenvalue weighted by atomic mass is 32.1. The van der Waals surface area contributed by atoms with Gasteiger partial charge in [-0.3, -0.25) is 9.69 Å². The number of hydrogen-bond donors (Lipinski definition) is 1. The molecule has 0 saturated heterocycles. The summed E-state index contributed by atoms with van der Waals surface area (Å²) in [7, 11) is 3.95. The number of likely N-dealkylation sites (N-methyl/N-ethyl adjacent to an activating group) is 1. The summed E-state index contributed by atoms with van der Waals surface area (Å²) in [6.45, 7) is 0.446. The summed E-state index contributed by atoms with van der Waals surface area (Å²) < 4.78 is 6.98. The number of carbonyl (C=O) groups is 1. The summed E-state index contributed by atoms with van der Waals surface area (Å²) in [5, 5.41) is 4.53. The molecular formula is C20H19N3O2S. The second-order valence-electron chi connectivity index (χ2n) is 6.36. The van der Waals surface area contributed by atoms with Crippen molar-refractivity contribution in [2.24, 2.45) is 0 Å². The van der Waals surface area contributed by atoms with Crippen LogP contribution in [0, 0.1) is 0 Å². The summed E-state index contributed by atoms with van der Waals surface area (Å²) in [6, 6.07) is 17.7. The van der Waals surface area contributed by atoms with Gasteiger partial charge in [-0.25, -0.2) is 4.98 Å². The quantitative estimate of drug-likeness (QED) is 0.579. The SMILES string of the molecule is CN(C)[C@@H](CNC(=O)c1nc2ccccc2s1)c1cc2ccccc2o1. The zero-order valence-electron chi connectivity index (χ0n) is 14.6. The molecule has 0 saturated carbocycles. The molecule has 6 heteroatoms. The van der Waals surface area contributed by atoms with Gasteiger partial charge in [-0.2, -0.15) is 0 Å². The number of furan rings is 1. The molecule has 0 bridgehead atoms. The normalized spacial score (nSPS) is 12.7. The van der Waals surface area contributed by atoms with Crippen LogP contribution in [0.25, 0.3) is 21.2 Å². The highest BCUT2D eigenvalue weighted by Gasteiger charge is 2.21. The molecule has 1 N–H and O–H groups in total. The lowest BCUT2D eigenvalue weighted by Crippen LogP contribution is -2.34. The van der Waals surface area contributed by atoms with E-state index in [9.17, 15) is 4.79 Å². The van der Waals surface area contributed by atoms with Crippen molar-refractivity contribution >= 4 is 38.4 Å². The van der Waals surface area contributed by atoms with E-state index in [1.807, 2.05) is 73.6 Å². The first-order valence-electron chi connectivity index (χ1n) is 8.40. The van der Waals surface area contributed by atoms with Crippen molar-refractivity contribution in [2.75, 3.05) is 20.6 Å². The second kappa shape index (κ2) is 6.90. The Morgan fingerprint density at radius 3 is 2.73 bits per heavy atom. The number of para-hydroxylation sites is 2. The number of benzene rings is 2. The maximum atomic E-state index is 12.5. The van der Waals surface area contributed by atoms with Gasteiger partial charge in [0.25, 0.3) is 5.91 Å². The third kappa shape index (κ3) is 3.21. The van der Waals surface area contributed by atoms with Crippen LogP contribution in [0.5, 0.6) is 0 Å². The molecule has 2 aromatic heterocycles. The molecule has 5 nitrogen and oxygen atoms in total. The van der Waals surface area contributed by atoms with E-state index in [1.165, 1.54) is 11.3 Å². The number of amides is 1. The number of fused-ring (bicyclic) bond motifs is 2. The topological polar surface area (TPSA) is 58.4 Å². The lowest BCUT2D eigenvalue weighted by molar-refractivity contribution is 0.0939. The molecule has 132 valence electrons. The minimum absolute atomic E-state index is 0.0549. The van der Waals surface area contributed by atoms with Gasteiger partial charge in [0.2, 0.25) is 0 Å². The summed E-state index contributed by atoms with van der Waals surface area (Å²) in [5.41, 5.74) is 1.70. The summed E-state index contributed by atoms with van der Waals surface area (Å²) in [5.74, 6) is 0.676. The van der Waals surface area contributed by atoms with E-state index in [4.69, 9.17) is 4.42 Å².